The highest BCUT2D eigenvalue weighted by Crippen LogP contribution is 2.27. The molecule has 0 fully saturated rings. The van der Waals surface area contributed by atoms with Crippen molar-refractivity contribution in [1.82, 2.24) is 10.3 Å². The van der Waals surface area contributed by atoms with Gasteiger partial charge in [-0.15, -0.1) is 11.8 Å². The third-order valence-electron chi connectivity index (χ3n) is 2.43. The van der Waals surface area contributed by atoms with Crippen LogP contribution in [0.1, 0.15) is 10.5 Å². The van der Waals surface area contributed by atoms with Gasteiger partial charge in [0.15, 0.2) is 0 Å². The lowest BCUT2D eigenvalue weighted by Crippen LogP contribution is -2.32. The van der Waals surface area contributed by atoms with Crippen molar-refractivity contribution in [3.05, 3.63) is 47.2 Å². The fraction of sp³-hybridized carbons (Fsp3) is 0.0769. The lowest BCUT2D eigenvalue weighted by Gasteiger charge is -2.06. The van der Waals surface area contributed by atoms with E-state index in [2.05, 4.69) is 10.3 Å². The Morgan fingerprint density at radius 2 is 2.15 bits per heavy atom. The molecule has 1 aromatic carbocycles. The molecule has 0 radical (unpaired) electrons. The Balaban J connectivity index is 1.88. The van der Waals surface area contributed by atoms with Crippen LogP contribution in [0.25, 0.3) is 0 Å². The molecule has 0 atom stereocenters. The molecule has 2 aromatic rings. The molecular weight excluding hydrogens is 298 g/mol. The molecule has 0 spiro atoms. The van der Waals surface area contributed by atoms with Gasteiger partial charge < -0.3 is 10.7 Å². The van der Waals surface area contributed by atoms with Crippen molar-refractivity contribution in [2.75, 3.05) is 11.5 Å². The maximum atomic E-state index is 11.7. The van der Waals surface area contributed by atoms with Gasteiger partial charge >= 0.3 is 0 Å². The predicted octanol–water partition coefficient (Wildman–Crippen LogP) is 2.30. The number of halogens is 1. The van der Waals surface area contributed by atoms with Crippen LogP contribution in [0.4, 0.5) is 5.69 Å². The fourth-order valence-corrected chi connectivity index (χ4v) is 2.42. The van der Waals surface area contributed by atoms with Gasteiger partial charge in [0.1, 0.15) is 5.69 Å². The second kappa shape index (κ2) is 6.49. The minimum Gasteiger partial charge on any atom is -0.398 e. The average Bonchev–Trinajstić information content (AvgIpc) is 2.91. The number of nitrogens with one attached hydrogen (secondary N) is 2. The van der Waals surface area contributed by atoms with Crippen LogP contribution in [0, 0.1) is 0 Å². The van der Waals surface area contributed by atoms with Crippen LogP contribution in [0.2, 0.25) is 5.02 Å². The van der Waals surface area contributed by atoms with Crippen molar-refractivity contribution in [2.45, 2.75) is 4.90 Å². The summed E-state index contributed by atoms with van der Waals surface area (Å²) >= 11 is 7.03. The molecule has 0 aliphatic rings. The van der Waals surface area contributed by atoms with E-state index in [0.29, 0.717) is 16.4 Å². The Kier molecular flexibility index (Phi) is 4.70. The number of nitrogen functional groups attached to an aromatic ring is 1. The zero-order valence-electron chi connectivity index (χ0n) is 10.4. The van der Waals surface area contributed by atoms with Crippen LogP contribution in [-0.2, 0) is 4.79 Å². The van der Waals surface area contributed by atoms with Gasteiger partial charge in [-0.05, 0) is 30.3 Å². The topological polar surface area (TPSA) is 88.0 Å². The third kappa shape index (κ3) is 3.79. The summed E-state index contributed by atoms with van der Waals surface area (Å²) < 4.78 is 0. The van der Waals surface area contributed by atoms with Crippen LogP contribution in [0.5, 0.6) is 0 Å². The molecule has 0 aliphatic heterocycles. The lowest BCUT2D eigenvalue weighted by molar-refractivity contribution is -0.117. The van der Waals surface area contributed by atoms with Gasteiger partial charge in [-0.25, -0.2) is 0 Å². The first-order valence-corrected chi connectivity index (χ1v) is 7.08. The monoisotopic (exact) mass is 309 g/mol. The average molecular weight is 310 g/mol. The number of aromatic nitrogens is 1. The molecular formula is C13H12ClN3O2S. The van der Waals surface area contributed by atoms with E-state index in [1.54, 1.807) is 36.5 Å². The van der Waals surface area contributed by atoms with Crippen molar-refractivity contribution in [3.63, 3.8) is 0 Å². The number of amides is 2. The number of rotatable bonds is 4. The van der Waals surface area contributed by atoms with E-state index in [-0.39, 0.29) is 11.7 Å². The second-order valence-corrected chi connectivity index (χ2v) is 5.39. The zero-order chi connectivity index (χ0) is 14.5. The molecule has 0 aliphatic carbocycles. The molecule has 104 valence electrons. The molecule has 20 heavy (non-hydrogen) atoms. The number of aromatic amines is 1. The fourth-order valence-electron chi connectivity index (χ4n) is 1.50. The number of benzene rings is 1. The Morgan fingerprint density at radius 3 is 2.80 bits per heavy atom. The molecule has 5 nitrogen and oxygen atoms in total. The number of carbonyl (C=O) groups is 2. The maximum absolute atomic E-state index is 11.7. The summed E-state index contributed by atoms with van der Waals surface area (Å²) in [6.07, 6.45) is 1.61. The van der Waals surface area contributed by atoms with Gasteiger partial charge in [-0.1, -0.05) is 11.6 Å². The van der Waals surface area contributed by atoms with Crippen LogP contribution < -0.4 is 11.1 Å². The first-order chi connectivity index (χ1) is 9.56. The number of imide groups is 1. The lowest BCUT2D eigenvalue weighted by atomic mass is 10.3. The molecule has 0 saturated carbocycles. The SMILES string of the molecule is Nc1cc(Cl)ccc1SCC(=O)NC(=O)c1ccc[nH]1. The summed E-state index contributed by atoms with van der Waals surface area (Å²) in [5.41, 5.74) is 6.62. The zero-order valence-corrected chi connectivity index (χ0v) is 11.9. The molecule has 0 saturated heterocycles. The molecule has 1 heterocycles. The summed E-state index contributed by atoms with van der Waals surface area (Å²) in [5, 5.41) is 2.83. The molecule has 0 unspecified atom stereocenters. The minimum atomic E-state index is -0.454. The number of nitrogens with two attached hydrogens (primary N) is 1. The quantitative estimate of drug-likeness (QED) is 0.597. The van der Waals surface area contributed by atoms with Crippen molar-refractivity contribution in [2.24, 2.45) is 0 Å². The van der Waals surface area contributed by atoms with Gasteiger partial charge in [-0.2, -0.15) is 0 Å². The largest absolute Gasteiger partial charge is 0.398 e. The highest BCUT2D eigenvalue weighted by molar-refractivity contribution is 8.00. The minimum absolute atomic E-state index is 0.0955. The van der Waals surface area contributed by atoms with Crippen LogP contribution >= 0.6 is 23.4 Å². The van der Waals surface area contributed by atoms with E-state index in [1.165, 1.54) is 11.8 Å². The van der Waals surface area contributed by atoms with Gasteiger partial charge in [-0.3, -0.25) is 14.9 Å². The Hall–Kier alpha value is -1.92. The van der Waals surface area contributed by atoms with Crippen molar-refractivity contribution in [3.8, 4) is 0 Å². The molecule has 2 amide bonds. The molecule has 0 bridgehead atoms. The summed E-state index contributed by atoms with van der Waals surface area (Å²) in [6.45, 7) is 0. The summed E-state index contributed by atoms with van der Waals surface area (Å²) in [7, 11) is 0. The standard InChI is InChI=1S/C13H12ClN3O2S/c14-8-3-4-11(9(15)6-8)20-7-12(18)17-13(19)10-2-1-5-16-10/h1-6,16H,7,15H2,(H,17,18,19). The number of hydrogen-bond donors (Lipinski definition) is 3. The smallest absolute Gasteiger partial charge is 0.274 e. The normalized spacial score (nSPS) is 10.2. The summed E-state index contributed by atoms with van der Waals surface area (Å²) in [6, 6.07) is 8.33. The van der Waals surface area contributed by atoms with E-state index in [1.807, 2.05) is 0 Å². The van der Waals surface area contributed by atoms with E-state index in [9.17, 15) is 9.59 Å². The van der Waals surface area contributed by atoms with E-state index in [0.717, 1.165) is 4.90 Å². The van der Waals surface area contributed by atoms with Crippen molar-refractivity contribution < 1.29 is 9.59 Å². The Morgan fingerprint density at radius 1 is 1.35 bits per heavy atom. The van der Waals surface area contributed by atoms with Crippen molar-refractivity contribution in [1.29, 1.82) is 0 Å². The van der Waals surface area contributed by atoms with Crippen LogP contribution in [0.15, 0.2) is 41.4 Å². The van der Waals surface area contributed by atoms with Gasteiger partial charge in [0.2, 0.25) is 5.91 Å². The molecule has 2 rings (SSSR count). The first kappa shape index (κ1) is 14.5. The number of thioether (sulfide) groups is 1. The molecule has 1 aromatic heterocycles. The van der Waals surface area contributed by atoms with Crippen LogP contribution in [-0.4, -0.2) is 22.6 Å². The predicted molar refractivity (Wildman–Crippen MR) is 79.9 cm³/mol. The molecule has 7 heteroatoms. The van der Waals surface area contributed by atoms with E-state index >= 15 is 0 Å². The Bertz CT molecular complexity index is 629. The van der Waals surface area contributed by atoms with E-state index < -0.39 is 5.91 Å². The molecule has 4 N–H and O–H groups in total. The number of carbonyl (C=O) groups excluding carboxylic acids is 2. The second-order valence-electron chi connectivity index (χ2n) is 3.93. The number of hydrogen-bond acceptors (Lipinski definition) is 4. The number of H-pyrrole nitrogens is 1. The van der Waals surface area contributed by atoms with Gasteiger partial charge in [0.25, 0.3) is 5.91 Å². The summed E-state index contributed by atoms with van der Waals surface area (Å²) in [4.78, 5) is 26.8. The summed E-state index contributed by atoms with van der Waals surface area (Å²) in [5.74, 6) is -0.744. The highest BCUT2D eigenvalue weighted by Gasteiger charge is 2.11. The van der Waals surface area contributed by atoms with Crippen LogP contribution in [0.3, 0.4) is 0 Å². The third-order valence-corrected chi connectivity index (χ3v) is 3.75. The van der Waals surface area contributed by atoms with E-state index in [4.69, 9.17) is 17.3 Å². The van der Waals surface area contributed by atoms with Gasteiger partial charge in [0, 0.05) is 21.8 Å². The van der Waals surface area contributed by atoms with Crippen molar-refractivity contribution >= 4 is 40.9 Å². The Labute approximate surface area is 124 Å². The highest BCUT2D eigenvalue weighted by atomic mass is 35.5. The maximum Gasteiger partial charge on any atom is 0.274 e. The first-order valence-electron chi connectivity index (χ1n) is 5.71. The number of anilines is 1. The van der Waals surface area contributed by atoms with Gasteiger partial charge in [0.05, 0.1) is 5.75 Å².